The molecule has 3 heterocycles. The van der Waals surface area contributed by atoms with Gasteiger partial charge in [-0.1, -0.05) is 18.2 Å². The maximum atomic E-state index is 12.9. The number of hydrogen-bond donors (Lipinski definition) is 0. The van der Waals surface area contributed by atoms with Crippen molar-refractivity contribution in [3.63, 3.8) is 0 Å². The molecule has 4 rings (SSSR count). The van der Waals surface area contributed by atoms with Crippen LogP contribution in [-0.2, 0) is 14.4 Å². The molecule has 3 aliphatic rings. The van der Waals surface area contributed by atoms with Crippen LogP contribution in [0.4, 0.5) is 0 Å². The van der Waals surface area contributed by atoms with Gasteiger partial charge in [0.2, 0.25) is 5.91 Å². The maximum Gasteiger partial charge on any atom is 0.254 e. The third-order valence-electron chi connectivity index (χ3n) is 5.82. The molecule has 6 heteroatoms. The van der Waals surface area contributed by atoms with Gasteiger partial charge in [-0.05, 0) is 37.3 Å². The minimum absolute atomic E-state index is 0.0441. The molecule has 1 aromatic rings. The zero-order valence-electron chi connectivity index (χ0n) is 15.2. The second-order valence-corrected chi connectivity index (χ2v) is 7.56. The SMILES string of the molecule is Cc1ccccc1C(=O)N1C[C@@H]2[C@@H](CC(=O)N3CCCCO3)CO[C@@H]2C1. The summed E-state index contributed by atoms with van der Waals surface area (Å²) in [7, 11) is 0. The topological polar surface area (TPSA) is 59.1 Å². The molecule has 140 valence electrons. The second kappa shape index (κ2) is 7.37. The lowest BCUT2D eigenvalue weighted by Crippen LogP contribution is -2.38. The lowest BCUT2D eigenvalue weighted by Gasteiger charge is -2.27. The minimum atomic E-state index is 0.0441. The van der Waals surface area contributed by atoms with Crippen LogP contribution in [0.3, 0.4) is 0 Å². The number of carbonyl (C=O) groups is 2. The van der Waals surface area contributed by atoms with Crippen molar-refractivity contribution < 1.29 is 19.2 Å². The van der Waals surface area contributed by atoms with E-state index in [9.17, 15) is 9.59 Å². The Hall–Kier alpha value is -1.92. The van der Waals surface area contributed by atoms with E-state index in [0.717, 1.165) is 24.0 Å². The molecule has 0 saturated carbocycles. The monoisotopic (exact) mass is 358 g/mol. The number of hydrogen-bond acceptors (Lipinski definition) is 4. The Morgan fingerprint density at radius 1 is 1.19 bits per heavy atom. The summed E-state index contributed by atoms with van der Waals surface area (Å²) >= 11 is 0. The van der Waals surface area contributed by atoms with E-state index in [2.05, 4.69) is 0 Å². The van der Waals surface area contributed by atoms with E-state index in [1.54, 1.807) is 0 Å². The first-order valence-electron chi connectivity index (χ1n) is 9.53. The van der Waals surface area contributed by atoms with Crippen LogP contribution >= 0.6 is 0 Å². The van der Waals surface area contributed by atoms with Gasteiger partial charge in [0.25, 0.3) is 5.91 Å². The number of aryl methyl sites for hydroxylation is 1. The molecule has 0 bridgehead atoms. The first-order valence-corrected chi connectivity index (χ1v) is 9.53. The Morgan fingerprint density at radius 2 is 2.04 bits per heavy atom. The van der Waals surface area contributed by atoms with Gasteiger partial charge >= 0.3 is 0 Å². The number of benzene rings is 1. The first kappa shape index (κ1) is 17.5. The first-order chi connectivity index (χ1) is 12.6. The van der Waals surface area contributed by atoms with Crippen molar-refractivity contribution in [1.29, 1.82) is 0 Å². The van der Waals surface area contributed by atoms with Gasteiger partial charge in [0.15, 0.2) is 0 Å². The molecule has 0 aromatic heterocycles. The number of nitrogens with zero attached hydrogens (tertiary/aromatic N) is 2. The Labute approximate surface area is 154 Å². The summed E-state index contributed by atoms with van der Waals surface area (Å²) in [4.78, 5) is 32.7. The highest BCUT2D eigenvalue weighted by molar-refractivity contribution is 5.95. The molecule has 0 spiro atoms. The standard InChI is InChI=1S/C20H26N2O4/c1-14-6-2-3-7-16(14)20(24)21-11-17-15(13-25-18(17)12-21)10-19(23)22-8-4-5-9-26-22/h2-3,6-7,15,17-18H,4-5,8-13H2,1H3/t15-,17+,18+/m0/s1. The summed E-state index contributed by atoms with van der Waals surface area (Å²) < 4.78 is 5.92. The molecule has 0 N–H and O–H groups in total. The van der Waals surface area contributed by atoms with Crippen molar-refractivity contribution >= 4 is 11.8 Å². The van der Waals surface area contributed by atoms with Crippen molar-refractivity contribution in [2.75, 3.05) is 32.8 Å². The molecular weight excluding hydrogens is 332 g/mol. The van der Waals surface area contributed by atoms with E-state index >= 15 is 0 Å². The van der Waals surface area contributed by atoms with Crippen LogP contribution in [0.25, 0.3) is 0 Å². The highest BCUT2D eigenvalue weighted by Crippen LogP contribution is 2.36. The highest BCUT2D eigenvalue weighted by atomic mass is 16.7. The van der Waals surface area contributed by atoms with Crippen LogP contribution < -0.4 is 0 Å². The average molecular weight is 358 g/mol. The highest BCUT2D eigenvalue weighted by Gasteiger charge is 2.46. The van der Waals surface area contributed by atoms with Crippen LogP contribution in [0.1, 0.15) is 35.2 Å². The number of rotatable bonds is 3. The molecule has 6 nitrogen and oxygen atoms in total. The third kappa shape index (κ3) is 3.35. The van der Waals surface area contributed by atoms with Crippen LogP contribution in [-0.4, -0.2) is 60.7 Å². The van der Waals surface area contributed by atoms with E-state index in [1.165, 1.54) is 5.06 Å². The summed E-state index contributed by atoms with van der Waals surface area (Å²) in [5.41, 5.74) is 1.74. The molecule has 2 amide bonds. The summed E-state index contributed by atoms with van der Waals surface area (Å²) in [6, 6.07) is 7.67. The molecule has 3 aliphatic heterocycles. The molecule has 0 aliphatic carbocycles. The summed E-state index contributed by atoms with van der Waals surface area (Å²) in [6.45, 7) is 5.14. The molecule has 26 heavy (non-hydrogen) atoms. The second-order valence-electron chi connectivity index (χ2n) is 7.56. The van der Waals surface area contributed by atoms with Gasteiger partial charge in [-0.15, -0.1) is 0 Å². The predicted molar refractivity (Wildman–Crippen MR) is 95.3 cm³/mol. The van der Waals surface area contributed by atoms with Gasteiger partial charge in [-0.25, -0.2) is 5.06 Å². The molecule has 3 fully saturated rings. The number of hydroxylamine groups is 2. The van der Waals surface area contributed by atoms with Crippen molar-refractivity contribution in [3.8, 4) is 0 Å². The van der Waals surface area contributed by atoms with E-state index in [1.807, 2.05) is 36.1 Å². The minimum Gasteiger partial charge on any atom is -0.376 e. The van der Waals surface area contributed by atoms with Gasteiger partial charge in [-0.3, -0.25) is 14.4 Å². The Bertz CT molecular complexity index is 686. The normalized spacial score (nSPS) is 28.3. The van der Waals surface area contributed by atoms with Crippen molar-refractivity contribution in [2.24, 2.45) is 11.8 Å². The summed E-state index contributed by atoms with van der Waals surface area (Å²) in [6.07, 6.45) is 2.49. The zero-order chi connectivity index (χ0) is 18.1. The quantitative estimate of drug-likeness (QED) is 0.830. The molecule has 3 atom stereocenters. The van der Waals surface area contributed by atoms with Gasteiger partial charge in [0.1, 0.15) is 0 Å². The van der Waals surface area contributed by atoms with Gasteiger partial charge in [0, 0.05) is 37.5 Å². The van der Waals surface area contributed by atoms with E-state index in [4.69, 9.17) is 9.57 Å². The van der Waals surface area contributed by atoms with Gasteiger partial charge in [0.05, 0.1) is 19.3 Å². The molecule has 3 saturated heterocycles. The third-order valence-corrected chi connectivity index (χ3v) is 5.82. The predicted octanol–water partition coefficient (Wildman–Crippen LogP) is 2.03. The lowest BCUT2D eigenvalue weighted by atomic mass is 9.90. The summed E-state index contributed by atoms with van der Waals surface area (Å²) in [5.74, 6) is 0.498. The molecule has 0 radical (unpaired) electrons. The molecular formula is C20H26N2O4. The van der Waals surface area contributed by atoms with Crippen molar-refractivity contribution in [3.05, 3.63) is 35.4 Å². The smallest absolute Gasteiger partial charge is 0.254 e. The Kier molecular flexibility index (Phi) is 4.96. The van der Waals surface area contributed by atoms with Gasteiger partial charge < -0.3 is 9.64 Å². The number of likely N-dealkylation sites (tertiary alicyclic amines) is 1. The fourth-order valence-electron chi connectivity index (χ4n) is 4.28. The Morgan fingerprint density at radius 3 is 2.81 bits per heavy atom. The van der Waals surface area contributed by atoms with Crippen LogP contribution in [0.5, 0.6) is 0 Å². The number of ether oxygens (including phenoxy) is 1. The number of amides is 2. The fourth-order valence-corrected chi connectivity index (χ4v) is 4.28. The van der Waals surface area contributed by atoms with Crippen LogP contribution in [0.15, 0.2) is 24.3 Å². The van der Waals surface area contributed by atoms with Gasteiger partial charge in [-0.2, -0.15) is 0 Å². The molecule has 1 aromatic carbocycles. The van der Waals surface area contributed by atoms with Crippen molar-refractivity contribution in [2.45, 2.75) is 32.3 Å². The van der Waals surface area contributed by atoms with Crippen molar-refractivity contribution in [1.82, 2.24) is 9.96 Å². The van der Waals surface area contributed by atoms with Crippen LogP contribution in [0, 0.1) is 18.8 Å². The maximum absolute atomic E-state index is 12.9. The lowest BCUT2D eigenvalue weighted by molar-refractivity contribution is -0.198. The van der Waals surface area contributed by atoms with E-state index in [0.29, 0.717) is 39.3 Å². The Balaban J connectivity index is 1.38. The van der Waals surface area contributed by atoms with E-state index in [-0.39, 0.29) is 29.8 Å². The van der Waals surface area contributed by atoms with Crippen LogP contribution in [0.2, 0.25) is 0 Å². The summed E-state index contributed by atoms with van der Waals surface area (Å²) in [5, 5.41) is 1.52. The largest absolute Gasteiger partial charge is 0.376 e. The number of fused-ring (bicyclic) bond motifs is 1. The average Bonchev–Trinajstić information content (AvgIpc) is 3.24. The fraction of sp³-hybridized carbons (Fsp3) is 0.600. The van der Waals surface area contributed by atoms with E-state index < -0.39 is 0 Å². The zero-order valence-corrected chi connectivity index (χ0v) is 15.2. The molecule has 0 unspecified atom stereocenters. The number of carbonyl (C=O) groups excluding carboxylic acids is 2.